The Morgan fingerprint density at radius 2 is 1.74 bits per heavy atom. The van der Waals surface area contributed by atoms with Gasteiger partial charge in [0.1, 0.15) is 17.6 Å². The third-order valence-corrected chi connectivity index (χ3v) is 5.21. The number of nitrogens with zero attached hydrogens (tertiary/aromatic N) is 2. The van der Waals surface area contributed by atoms with E-state index in [1.165, 1.54) is 0 Å². The Hall–Kier alpha value is -3.57. The lowest BCUT2D eigenvalue weighted by molar-refractivity contribution is -0.123. The minimum Gasteiger partial charge on any atom is -0.483 e. The van der Waals surface area contributed by atoms with Crippen LogP contribution in [0.4, 0.5) is 0 Å². The molecule has 0 unspecified atom stereocenters. The molecule has 4 aromatic rings. The van der Waals surface area contributed by atoms with Crippen LogP contribution in [-0.4, -0.2) is 22.1 Å². The first-order valence-electron chi connectivity index (χ1n) is 9.91. The van der Waals surface area contributed by atoms with E-state index in [1.807, 2.05) is 84.5 Å². The van der Waals surface area contributed by atoms with Crippen LogP contribution >= 0.6 is 11.6 Å². The summed E-state index contributed by atoms with van der Waals surface area (Å²) in [7, 11) is 1.89. The number of nitrogens with one attached hydrogen (secondary N) is 1. The highest BCUT2D eigenvalue weighted by Crippen LogP contribution is 2.29. The molecule has 0 saturated heterocycles. The standard InChI is InChI=1S/C25H22ClN3O2/c1-29-16-15-27-25(29)24(19-11-13-20(26)14-12-19)28-23(30)17-31-22-10-6-5-9-21(22)18-7-3-2-4-8-18/h2-16,24H,17H2,1H3,(H,28,30)/t24-/m1/s1. The van der Waals surface area contributed by atoms with Gasteiger partial charge in [-0.05, 0) is 29.3 Å². The lowest BCUT2D eigenvalue weighted by Gasteiger charge is -2.20. The summed E-state index contributed by atoms with van der Waals surface area (Å²) in [6, 6.07) is 24.6. The van der Waals surface area contributed by atoms with Gasteiger partial charge in [0.15, 0.2) is 6.61 Å². The third-order valence-electron chi connectivity index (χ3n) is 4.96. The van der Waals surface area contributed by atoms with E-state index in [1.54, 1.807) is 18.3 Å². The van der Waals surface area contributed by atoms with Crippen molar-refractivity contribution in [1.29, 1.82) is 0 Å². The van der Waals surface area contributed by atoms with E-state index in [0.717, 1.165) is 22.5 Å². The van der Waals surface area contributed by atoms with E-state index < -0.39 is 6.04 Å². The van der Waals surface area contributed by atoms with Crippen LogP contribution in [0.3, 0.4) is 0 Å². The molecule has 1 aromatic heterocycles. The molecule has 0 aliphatic heterocycles. The molecule has 6 heteroatoms. The average Bonchev–Trinajstić information content (AvgIpc) is 3.23. The molecule has 0 spiro atoms. The Kier molecular flexibility index (Phi) is 6.34. The lowest BCUT2D eigenvalue weighted by atomic mass is 10.1. The number of para-hydroxylation sites is 1. The molecule has 0 aliphatic carbocycles. The molecule has 0 radical (unpaired) electrons. The van der Waals surface area contributed by atoms with Crippen molar-refractivity contribution in [3.63, 3.8) is 0 Å². The Morgan fingerprint density at radius 1 is 1.03 bits per heavy atom. The van der Waals surface area contributed by atoms with Crippen molar-refractivity contribution in [3.8, 4) is 16.9 Å². The first-order valence-corrected chi connectivity index (χ1v) is 10.3. The molecule has 1 N–H and O–H groups in total. The maximum absolute atomic E-state index is 12.8. The predicted molar refractivity (Wildman–Crippen MR) is 122 cm³/mol. The smallest absolute Gasteiger partial charge is 0.258 e. The van der Waals surface area contributed by atoms with Crippen LogP contribution in [0.25, 0.3) is 11.1 Å². The molecule has 4 rings (SSSR count). The van der Waals surface area contributed by atoms with Gasteiger partial charge in [-0.25, -0.2) is 4.98 Å². The summed E-state index contributed by atoms with van der Waals surface area (Å²) in [5.74, 6) is 1.13. The molecule has 1 amide bonds. The van der Waals surface area contributed by atoms with Gasteiger partial charge in [0.2, 0.25) is 0 Å². The number of halogens is 1. The number of ether oxygens (including phenoxy) is 1. The molecule has 3 aromatic carbocycles. The van der Waals surface area contributed by atoms with Gasteiger partial charge in [0.05, 0.1) is 0 Å². The van der Waals surface area contributed by atoms with Gasteiger partial charge >= 0.3 is 0 Å². The van der Waals surface area contributed by atoms with Crippen molar-refractivity contribution >= 4 is 17.5 Å². The van der Waals surface area contributed by atoms with Crippen LogP contribution in [0.2, 0.25) is 5.02 Å². The van der Waals surface area contributed by atoms with Crippen LogP contribution in [0, 0.1) is 0 Å². The Labute approximate surface area is 186 Å². The molecule has 0 aliphatic rings. The SMILES string of the molecule is Cn1ccnc1[C@H](NC(=O)COc1ccccc1-c1ccccc1)c1ccc(Cl)cc1. The van der Waals surface area contributed by atoms with Crippen molar-refractivity contribution in [2.75, 3.05) is 6.61 Å². The topological polar surface area (TPSA) is 56.2 Å². The van der Waals surface area contributed by atoms with Crippen molar-refractivity contribution in [2.45, 2.75) is 6.04 Å². The van der Waals surface area contributed by atoms with Gasteiger partial charge in [0.25, 0.3) is 5.91 Å². The number of hydrogen-bond donors (Lipinski definition) is 1. The molecular formula is C25H22ClN3O2. The summed E-state index contributed by atoms with van der Waals surface area (Å²) in [6.45, 7) is -0.113. The normalized spacial score (nSPS) is 11.7. The summed E-state index contributed by atoms with van der Waals surface area (Å²) in [5, 5.41) is 3.67. The first-order chi connectivity index (χ1) is 15.1. The number of carbonyl (C=O) groups excluding carboxylic acids is 1. The highest BCUT2D eigenvalue weighted by Gasteiger charge is 2.21. The number of benzene rings is 3. The predicted octanol–water partition coefficient (Wildman–Crippen LogP) is 5.03. The zero-order valence-corrected chi connectivity index (χ0v) is 17.8. The second kappa shape index (κ2) is 9.49. The van der Waals surface area contributed by atoms with Gasteiger partial charge in [-0.15, -0.1) is 0 Å². The maximum atomic E-state index is 12.8. The summed E-state index contributed by atoms with van der Waals surface area (Å²) in [6.07, 6.45) is 3.55. The lowest BCUT2D eigenvalue weighted by Crippen LogP contribution is -2.34. The molecule has 1 atom stereocenters. The van der Waals surface area contributed by atoms with E-state index in [0.29, 0.717) is 10.8 Å². The molecule has 31 heavy (non-hydrogen) atoms. The fourth-order valence-electron chi connectivity index (χ4n) is 3.40. The molecule has 0 bridgehead atoms. The van der Waals surface area contributed by atoms with Crippen molar-refractivity contribution in [1.82, 2.24) is 14.9 Å². The molecule has 5 nitrogen and oxygen atoms in total. The van der Waals surface area contributed by atoms with Crippen LogP contribution in [0.15, 0.2) is 91.3 Å². The van der Waals surface area contributed by atoms with Gasteiger partial charge in [-0.2, -0.15) is 0 Å². The van der Waals surface area contributed by atoms with E-state index >= 15 is 0 Å². The Morgan fingerprint density at radius 3 is 2.45 bits per heavy atom. The van der Waals surface area contributed by atoms with Crippen LogP contribution in [0.5, 0.6) is 5.75 Å². The van der Waals surface area contributed by atoms with Crippen LogP contribution in [0.1, 0.15) is 17.4 Å². The summed E-state index contributed by atoms with van der Waals surface area (Å²) < 4.78 is 7.78. The molecule has 156 valence electrons. The number of aryl methyl sites for hydroxylation is 1. The van der Waals surface area contributed by atoms with Gasteiger partial charge in [0, 0.05) is 30.0 Å². The highest BCUT2D eigenvalue weighted by atomic mass is 35.5. The molecule has 1 heterocycles. The van der Waals surface area contributed by atoms with E-state index in [4.69, 9.17) is 16.3 Å². The number of hydrogen-bond acceptors (Lipinski definition) is 3. The fourth-order valence-corrected chi connectivity index (χ4v) is 3.53. The third kappa shape index (κ3) is 4.95. The fraction of sp³-hybridized carbons (Fsp3) is 0.120. The van der Waals surface area contributed by atoms with Gasteiger partial charge in [-0.3, -0.25) is 4.79 Å². The largest absolute Gasteiger partial charge is 0.483 e. The minimum atomic E-state index is -0.419. The number of aromatic nitrogens is 2. The molecular weight excluding hydrogens is 410 g/mol. The van der Waals surface area contributed by atoms with E-state index in [-0.39, 0.29) is 12.5 Å². The number of carbonyl (C=O) groups is 1. The number of amides is 1. The second-order valence-electron chi connectivity index (χ2n) is 7.10. The highest BCUT2D eigenvalue weighted by molar-refractivity contribution is 6.30. The van der Waals surface area contributed by atoms with Crippen molar-refractivity contribution in [2.24, 2.45) is 7.05 Å². The average molecular weight is 432 g/mol. The summed E-state index contributed by atoms with van der Waals surface area (Å²) in [5.41, 5.74) is 2.86. The van der Waals surface area contributed by atoms with Crippen LogP contribution in [-0.2, 0) is 11.8 Å². The summed E-state index contributed by atoms with van der Waals surface area (Å²) in [4.78, 5) is 17.2. The Balaban J connectivity index is 1.51. The van der Waals surface area contributed by atoms with Crippen molar-refractivity contribution in [3.05, 3.63) is 108 Å². The first kappa shape index (κ1) is 20.7. The minimum absolute atomic E-state index is 0.113. The van der Waals surface area contributed by atoms with E-state index in [9.17, 15) is 4.79 Å². The van der Waals surface area contributed by atoms with Crippen molar-refractivity contribution < 1.29 is 9.53 Å². The van der Waals surface area contributed by atoms with E-state index in [2.05, 4.69) is 10.3 Å². The maximum Gasteiger partial charge on any atom is 0.258 e. The number of imidazole rings is 1. The molecule has 0 saturated carbocycles. The monoisotopic (exact) mass is 431 g/mol. The zero-order chi connectivity index (χ0) is 21.6. The van der Waals surface area contributed by atoms with Gasteiger partial charge < -0.3 is 14.6 Å². The van der Waals surface area contributed by atoms with Crippen LogP contribution < -0.4 is 10.1 Å². The van der Waals surface area contributed by atoms with Gasteiger partial charge in [-0.1, -0.05) is 72.3 Å². The Bertz CT molecular complexity index is 1160. The molecule has 0 fully saturated rings. The second-order valence-corrected chi connectivity index (χ2v) is 7.54. The number of rotatable bonds is 7. The summed E-state index contributed by atoms with van der Waals surface area (Å²) >= 11 is 6.03. The quantitative estimate of drug-likeness (QED) is 0.446. The zero-order valence-electron chi connectivity index (χ0n) is 17.0.